The summed E-state index contributed by atoms with van der Waals surface area (Å²) in [5, 5.41) is 0. The molecule has 1 heterocycles. The summed E-state index contributed by atoms with van der Waals surface area (Å²) in [6.45, 7) is 0. The number of fused-ring (bicyclic) bond motifs is 1. The van der Waals surface area contributed by atoms with Crippen molar-refractivity contribution in [3.63, 3.8) is 0 Å². The lowest BCUT2D eigenvalue weighted by atomic mass is 10.1. The van der Waals surface area contributed by atoms with Crippen molar-refractivity contribution in [3.8, 4) is 11.5 Å². The lowest BCUT2D eigenvalue weighted by molar-refractivity contribution is 0.356. The number of nitrogens with one attached hydrogen (secondary N) is 1. The van der Waals surface area contributed by atoms with E-state index >= 15 is 0 Å². The summed E-state index contributed by atoms with van der Waals surface area (Å²) in [7, 11) is 3.21. The van der Waals surface area contributed by atoms with Crippen molar-refractivity contribution >= 4 is 11.0 Å². The summed E-state index contributed by atoms with van der Waals surface area (Å²) < 4.78 is 10.6. The topological polar surface area (TPSA) is 73.2 Å². The first-order valence-electron chi connectivity index (χ1n) is 6.65. The molecule has 0 saturated carbocycles. The van der Waals surface area contributed by atoms with Crippen LogP contribution in [0, 0.1) is 0 Å². The van der Waals surface area contributed by atoms with Crippen molar-refractivity contribution in [1.82, 2.24) is 9.97 Å². The highest BCUT2D eigenvalue weighted by atomic mass is 16.5. The van der Waals surface area contributed by atoms with E-state index in [1.54, 1.807) is 14.2 Å². The maximum Gasteiger partial charge on any atom is 0.163 e. The zero-order valence-electron chi connectivity index (χ0n) is 12.0. The summed E-state index contributed by atoms with van der Waals surface area (Å²) in [5.41, 5.74) is 8.94. The molecular weight excluding hydrogens is 266 g/mol. The van der Waals surface area contributed by atoms with Crippen LogP contribution in [-0.2, 0) is 0 Å². The number of aromatic amines is 1. The molecule has 2 aromatic carbocycles. The van der Waals surface area contributed by atoms with Gasteiger partial charge in [0, 0.05) is 12.1 Å². The van der Waals surface area contributed by atoms with Gasteiger partial charge in [0.2, 0.25) is 0 Å². The molecule has 0 amide bonds. The van der Waals surface area contributed by atoms with Crippen molar-refractivity contribution < 1.29 is 9.47 Å². The van der Waals surface area contributed by atoms with Gasteiger partial charge in [-0.15, -0.1) is 0 Å². The van der Waals surface area contributed by atoms with E-state index in [4.69, 9.17) is 15.2 Å². The van der Waals surface area contributed by atoms with Crippen molar-refractivity contribution in [2.24, 2.45) is 5.73 Å². The molecule has 3 N–H and O–H groups in total. The normalized spacial score (nSPS) is 12.3. The number of ether oxygens (including phenoxy) is 2. The molecule has 108 valence electrons. The van der Waals surface area contributed by atoms with Gasteiger partial charge < -0.3 is 20.2 Å². The van der Waals surface area contributed by atoms with Gasteiger partial charge >= 0.3 is 0 Å². The van der Waals surface area contributed by atoms with E-state index in [1.807, 2.05) is 42.5 Å². The first kappa shape index (κ1) is 13.5. The average molecular weight is 283 g/mol. The predicted molar refractivity (Wildman–Crippen MR) is 81.7 cm³/mol. The number of aromatic nitrogens is 2. The first-order valence-corrected chi connectivity index (χ1v) is 6.65. The summed E-state index contributed by atoms with van der Waals surface area (Å²) in [6, 6.07) is 13.3. The minimum absolute atomic E-state index is 0.296. The number of nitrogens with zero attached hydrogens (tertiary/aromatic N) is 1. The molecule has 3 rings (SSSR count). The fraction of sp³-hybridized carbons (Fsp3) is 0.188. The van der Waals surface area contributed by atoms with Crippen LogP contribution in [0.3, 0.4) is 0 Å². The Kier molecular flexibility index (Phi) is 3.50. The van der Waals surface area contributed by atoms with Crippen molar-refractivity contribution in [2.75, 3.05) is 14.2 Å². The second-order valence-corrected chi connectivity index (χ2v) is 4.73. The number of hydrogen-bond acceptors (Lipinski definition) is 4. The molecule has 5 nitrogen and oxygen atoms in total. The van der Waals surface area contributed by atoms with E-state index in [9.17, 15) is 0 Å². The van der Waals surface area contributed by atoms with Gasteiger partial charge in [-0.3, -0.25) is 0 Å². The molecule has 21 heavy (non-hydrogen) atoms. The lowest BCUT2D eigenvalue weighted by Gasteiger charge is -2.08. The Morgan fingerprint density at radius 1 is 1.05 bits per heavy atom. The molecule has 1 aromatic heterocycles. The number of hydrogen-bond donors (Lipinski definition) is 2. The smallest absolute Gasteiger partial charge is 0.163 e. The van der Waals surface area contributed by atoms with E-state index < -0.39 is 0 Å². The minimum Gasteiger partial charge on any atom is -0.493 e. The van der Waals surface area contributed by atoms with Crippen LogP contribution in [-0.4, -0.2) is 24.2 Å². The molecule has 0 aliphatic carbocycles. The predicted octanol–water partition coefficient (Wildman–Crippen LogP) is 2.63. The zero-order valence-corrected chi connectivity index (χ0v) is 12.0. The molecule has 0 radical (unpaired) electrons. The number of H-pyrrole nitrogens is 1. The van der Waals surface area contributed by atoms with Crippen LogP contribution < -0.4 is 15.2 Å². The van der Waals surface area contributed by atoms with E-state index in [2.05, 4.69) is 9.97 Å². The van der Waals surface area contributed by atoms with E-state index in [0.717, 1.165) is 16.6 Å². The third-order valence-electron chi connectivity index (χ3n) is 3.46. The molecule has 0 fully saturated rings. The Morgan fingerprint density at radius 3 is 2.38 bits per heavy atom. The van der Waals surface area contributed by atoms with Gasteiger partial charge in [-0.25, -0.2) is 4.98 Å². The molecule has 1 unspecified atom stereocenters. The van der Waals surface area contributed by atoms with Crippen molar-refractivity contribution in [2.45, 2.75) is 6.04 Å². The molecule has 1 atom stereocenters. The lowest BCUT2D eigenvalue weighted by Crippen LogP contribution is -2.13. The van der Waals surface area contributed by atoms with Gasteiger partial charge in [-0.1, -0.05) is 30.3 Å². The van der Waals surface area contributed by atoms with Crippen LogP contribution in [0.2, 0.25) is 0 Å². The number of nitrogens with two attached hydrogens (primary N) is 1. The van der Waals surface area contributed by atoms with Gasteiger partial charge in [0.1, 0.15) is 5.82 Å². The number of benzene rings is 2. The van der Waals surface area contributed by atoms with Crippen LogP contribution in [0.15, 0.2) is 42.5 Å². The molecule has 0 bridgehead atoms. The average Bonchev–Trinajstić information content (AvgIpc) is 2.96. The molecule has 0 aliphatic rings. The number of imidazole rings is 1. The van der Waals surface area contributed by atoms with E-state index in [-0.39, 0.29) is 6.04 Å². The third kappa shape index (κ3) is 2.43. The highest BCUT2D eigenvalue weighted by molar-refractivity contribution is 5.80. The molecule has 0 saturated heterocycles. The van der Waals surface area contributed by atoms with Crippen LogP contribution in [0.25, 0.3) is 11.0 Å². The Balaban J connectivity index is 2.05. The highest BCUT2D eigenvalue weighted by Gasteiger charge is 2.15. The highest BCUT2D eigenvalue weighted by Crippen LogP contribution is 2.32. The van der Waals surface area contributed by atoms with Crippen molar-refractivity contribution in [1.29, 1.82) is 0 Å². The summed E-state index contributed by atoms with van der Waals surface area (Å²) in [5.74, 6) is 2.02. The summed E-state index contributed by atoms with van der Waals surface area (Å²) >= 11 is 0. The standard InChI is InChI=1S/C16H17N3O2/c1-20-13-8-11-12(9-14(13)21-2)19-16(18-11)15(17)10-6-4-3-5-7-10/h3-9,15H,17H2,1-2H3,(H,18,19). The van der Waals surface area contributed by atoms with Crippen LogP contribution in [0.5, 0.6) is 11.5 Å². The maximum absolute atomic E-state index is 6.27. The quantitative estimate of drug-likeness (QED) is 0.772. The van der Waals surface area contributed by atoms with Crippen LogP contribution >= 0.6 is 0 Å². The van der Waals surface area contributed by atoms with Gasteiger partial charge in [0.15, 0.2) is 11.5 Å². The Hall–Kier alpha value is -2.53. The van der Waals surface area contributed by atoms with E-state index in [0.29, 0.717) is 17.3 Å². The second kappa shape index (κ2) is 5.46. The third-order valence-corrected chi connectivity index (χ3v) is 3.46. The Labute approximate surface area is 122 Å². The fourth-order valence-corrected chi connectivity index (χ4v) is 2.32. The summed E-state index contributed by atoms with van der Waals surface area (Å²) in [4.78, 5) is 7.81. The van der Waals surface area contributed by atoms with Gasteiger partial charge in [-0.2, -0.15) is 0 Å². The molecule has 5 heteroatoms. The van der Waals surface area contributed by atoms with Gasteiger partial charge in [0.25, 0.3) is 0 Å². The SMILES string of the molecule is COc1cc2nc(C(N)c3ccccc3)[nH]c2cc1OC. The zero-order chi connectivity index (χ0) is 14.8. The van der Waals surface area contributed by atoms with E-state index in [1.165, 1.54) is 0 Å². The summed E-state index contributed by atoms with van der Waals surface area (Å²) in [6.07, 6.45) is 0. The van der Waals surface area contributed by atoms with Gasteiger partial charge in [0.05, 0.1) is 31.3 Å². The van der Waals surface area contributed by atoms with Crippen LogP contribution in [0.1, 0.15) is 17.4 Å². The number of rotatable bonds is 4. The van der Waals surface area contributed by atoms with Gasteiger partial charge in [-0.05, 0) is 5.56 Å². The second-order valence-electron chi connectivity index (χ2n) is 4.73. The number of methoxy groups -OCH3 is 2. The fourth-order valence-electron chi connectivity index (χ4n) is 2.32. The monoisotopic (exact) mass is 283 g/mol. The van der Waals surface area contributed by atoms with Crippen LogP contribution in [0.4, 0.5) is 0 Å². The molecule has 3 aromatic rings. The maximum atomic E-state index is 6.27. The molecular formula is C16H17N3O2. The molecule has 0 spiro atoms. The first-order chi connectivity index (χ1) is 10.2. The Bertz CT molecular complexity index is 712. The largest absolute Gasteiger partial charge is 0.493 e. The van der Waals surface area contributed by atoms with Crippen molar-refractivity contribution in [3.05, 3.63) is 53.9 Å². The Morgan fingerprint density at radius 2 is 1.71 bits per heavy atom. The minimum atomic E-state index is -0.296. The molecule has 0 aliphatic heterocycles.